The fourth-order valence-electron chi connectivity index (χ4n) is 14.3. The van der Waals surface area contributed by atoms with Gasteiger partial charge in [-0.2, -0.15) is 0 Å². The number of anilines is 5. The van der Waals surface area contributed by atoms with Crippen LogP contribution < -0.4 is 26.2 Å². The monoisotopic (exact) mass is 885 g/mol. The van der Waals surface area contributed by atoms with E-state index in [0.717, 1.165) is 34.0 Å². The van der Waals surface area contributed by atoms with Gasteiger partial charge in [-0.1, -0.05) is 160 Å². The molecule has 1 fully saturated rings. The lowest BCUT2D eigenvalue weighted by molar-refractivity contribution is 0.195. The van der Waals surface area contributed by atoms with Crippen molar-refractivity contribution in [3.8, 4) is 16.9 Å². The third kappa shape index (κ3) is 4.93. The fraction of sp³-hybridized carbons (Fsp3) is 0.302. The van der Waals surface area contributed by atoms with E-state index < -0.39 is 0 Å². The summed E-state index contributed by atoms with van der Waals surface area (Å²) in [6.45, 7) is 24.3. The third-order valence-electron chi connectivity index (χ3n) is 18.0. The summed E-state index contributed by atoms with van der Waals surface area (Å²) in [6.07, 6.45) is 4.83. The Labute approximate surface area is 401 Å². The molecule has 2 aliphatic carbocycles. The Balaban J connectivity index is 1.11. The van der Waals surface area contributed by atoms with E-state index in [-0.39, 0.29) is 33.9 Å². The molecule has 336 valence electrons. The van der Waals surface area contributed by atoms with Crippen molar-refractivity contribution in [2.24, 2.45) is 0 Å². The third-order valence-corrected chi connectivity index (χ3v) is 18.0. The molecule has 2 aromatic heterocycles. The molecule has 0 bridgehead atoms. The van der Waals surface area contributed by atoms with Crippen LogP contribution in [-0.4, -0.2) is 16.8 Å². The van der Waals surface area contributed by atoms with Gasteiger partial charge in [0.05, 0.1) is 22.3 Å². The summed E-state index contributed by atoms with van der Waals surface area (Å²) in [6, 6.07) is 51.8. The Morgan fingerprint density at radius 1 is 0.559 bits per heavy atom. The van der Waals surface area contributed by atoms with Crippen LogP contribution in [0.5, 0.6) is 0 Å². The van der Waals surface area contributed by atoms with Crippen LogP contribution in [0.1, 0.15) is 123 Å². The zero-order chi connectivity index (χ0) is 46.6. The average molecular weight is 886 g/mol. The summed E-state index contributed by atoms with van der Waals surface area (Å²) < 4.78 is 9.41. The molecule has 5 heteroatoms. The van der Waals surface area contributed by atoms with Gasteiger partial charge >= 0.3 is 0 Å². The second-order valence-corrected chi connectivity index (χ2v) is 24.0. The second kappa shape index (κ2) is 13.0. The quantitative estimate of drug-likeness (QED) is 0.162. The highest BCUT2D eigenvalue weighted by molar-refractivity contribution is 7.00. The van der Waals surface area contributed by atoms with Crippen molar-refractivity contribution in [1.29, 1.82) is 0 Å². The van der Waals surface area contributed by atoms with E-state index in [2.05, 4.69) is 217 Å². The molecule has 0 saturated heterocycles. The first-order valence-corrected chi connectivity index (χ1v) is 25.3. The molecule has 9 aromatic rings. The molecular formula is C63H60BN3O. The zero-order valence-corrected chi connectivity index (χ0v) is 41.4. The molecule has 3 aliphatic heterocycles. The van der Waals surface area contributed by atoms with E-state index in [9.17, 15) is 0 Å². The smallest absolute Gasteiger partial charge is 0.252 e. The molecular weight excluding hydrogens is 826 g/mol. The predicted octanol–water partition coefficient (Wildman–Crippen LogP) is 14.8. The molecule has 0 radical (unpaired) electrons. The highest BCUT2D eigenvalue weighted by Crippen LogP contribution is 2.62. The van der Waals surface area contributed by atoms with E-state index in [1.807, 2.05) is 0 Å². The van der Waals surface area contributed by atoms with E-state index >= 15 is 0 Å². The van der Waals surface area contributed by atoms with Crippen LogP contribution in [0.4, 0.5) is 28.4 Å². The molecule has 1 saturated carbocycles. The number of furan rings is 1. The molecule has 5 aliphatic rings. The van der Waals surface area contributed by atoms with Crippen molar-refractivity contribution in [1.82, 2.24) is 4.57 Å². The van der Waals surface area contributed by atoms with Crippen LogP contribution in [0, 0.1) is 0 Å². The summed E-state index contributed by atoms with van der Waals surface area (Å²) in [5.74, 6) is 0. The van der Waals surface area contributed by atoms with Crippen LogP contribution in [0.25, 0.3) is 49.8 Å². The minimum Gasteiger partial charge on any atom is -0.456 e. The van der Waals surface area contributed by atoms with Gasteiger partial charge in [0.25, 0.3) is 6.71 Å². The maximum Gasteiger partial charge on any atom is 0.252 e. The van der Waals surface area contributed by atoms with E-state index in [0.29, 0.717) is 0 Å². The Hall–Kier alpha value is -6.46. The van der Waals surface area contributed by atoms with Gasteiger partial charge in [0.15, 0.2) is 0 Å². The average Bonchev–Trinajstić information content (AvgIpc) is 4.00. The first-order chi connectivity index (χ1) is 32.5. The minimum atomic E-state index is -0.154. The topological polar surface area (TPSA) is 24.6 Å². The van der Waals surface area contributed by atoms with Gasteiger partial charge in [-0.3, -0.25) is 0 Å². The van der Waals surface area contributed by atoms with Crippen molar-refractivity contribution in [2.75, 3.05) is 9.80 Å². The molecule has 5 heterocycles. The first-order valence-electron chi connectivity index (χ1n) is 25.3. The number of para-hydroxylation sites is 2. The molecule has 2 unspecified atom stereocenters. The van der Waals surface area contributed by atoms with Gasteiger partial charge in [0, 0.05) is 61.1 Å². The van der Waals surface area contributed by atoms with Crippen molar-refractivity contribution in [3.05, 3.63) is 161 Å². The summed E-state index contributed by atoms with van der Waals surface area (Å²) in [4.78, 5) is 5.44. The largest absolute Gasteiger partial charge is 0.456 e. The summed E-state index contributed by atoms with van der Waals surface area (Å²) in [5.41, 5.74) is 24.4. The number of benzene rings is 7. The van der Waals surface area contributed by atoms with Crippen molar-refractivity contribution < 1.29 is 4.42 Å². The summed E-state index contributed by atoms with van der Waals surface area (Å²) >= 11 is 0. The van der Waals surface area contributed by atoms with Crippen molar-refractivity contribution >= 4 is 84.4 Å². The van der Waals surface area contributed by atoms with Crippen LogP contribution in [0.15, 0.2) is 138 Å². The van der Waals surface area contributed by atoms with Crippen LogP contribution in [0.3, 0.4) is 0 Å². The zero-order valence-electron chi connectivity index (χ0n) is 41.4. The fourth-order valence-corrected chi connectivity index (χ4v) is 14.3. The second-order valence-electron chi connectivity index (χ2n) is 24.0. The van der Waals surface area contributed by atoms with Gasteiger partial charge in [-0.05, 0) is 123 Å². The van der Waals surface area contributed by atoms with Gasteiger partial charge < -0.3 is 18.8 Å². The highest BCUT2D eigenvalue weighted by Gasteiger charge is 2.58. The number of hydrogen-bond donors (Lipinski definition) is 0. The molecule has 68 heavy (non-hydrogen) atoms. The number of aromatic nitrogens is 1. The van der Waals surface area contributed by atoms with E-state index in [4.69, 9.17) is 4.42 Å². The predicted molar refractivity (Wildman–Crippen MR) is 288 cm³/mol. The van der Waals surface area contributed by atoms with E-state index in [1.165, 1.54) is 114 Å². The number of fused-ring (bicyclic) bond motifs is 15. The van der Waals surface area contributed by atoms with Gasteiger partial charge in [0.2, 0.25) is 0 Å². The lowest BCUT2D eigenvalue weighted by atomic mass is 9.33. The Morgan fingerprint density at radius 2 is 1.28 bits per heavy atom. The standard InChI is InChI=1S/C63H60BN3O/c1-59(2,3)37-27-30-47-44(33-37)62(9)31-15-16-32-63(62,10)67(47)39-28-29-45-49(36-39)65(48-24-18-26-53-54(48)41-20-12-14-25-52(41)68-53)50-34-38(60(4,5)6)35-51-56(50)64(45)46-23-17-21-42-55-58(66(51)57(42)46)40-19-11-13-22-43(40)61(55,7)8/h11-14,17-30,33-36H,15-16,31-32H2,1-10H3. The lowest BCUT2D eigenvalue weighted by Gasteiger charge is -2.50. The summed E-state index contributed by atoms with van der Waals surface area (Å²) in [7, 11) is 0. The van der Waals surface area contributed by atoms with Gasteiger partial charge in [0.1, 0.15) is 11.2 Å². The minimum absolute atomic E-state index is 0.0130. The van der Waals surface area contributed by atoms with Crippen molar-refractivity contribution in [3.63, 3.8) is 0 Å². The lowest BCUT2D eigenvalue weighted by Crippen LogP contribution is -2.60. The molecule has 0 amide bonds. The molecule has 0 spiro atoms. The normalized spacial score (nSPS) is 20.7. The molecule has 4 nitrogen and oxygen atoms in total. The van der Waals surface area contributed by atoms with Crippen LogP contribution >= 0.6 is 0 Å². The van der Waals surface area contributed by atoms with Crippen molar-refractivity contribution in [2.45, 2.75) is 122 Å². The SMILES string of the molecule is CC(C)(C)c1cc2c3c(c1)-n1c4c(c5cccc(c51)B3c1ccc(N3c5ccc(C(C)(C)C)cc5C5(C)CCCCC35C)cc1N2c1cccc2oc3ccccc3c12)C(C)(C)c1ccccc1-4. The molecule has 7 aromatic carbocycles. The summed E-state index contributed by atoms with van der Waals surface area (Å²) in [5, 5.41) is 3.66. The van der Waals surface area contributed by atoms with E-state index in [1.54, 1.807) is 0 Å². The molecule has 14 rings (SSSR count). The Morgan fingerprint density at radius 3 is 2.10 bits per heavy atom. The van der Waals surface area contributed by atoms with Gasteiger partial charge in [-0.25, -0.2) is 0 Å². The number of hydrogen-bond acceptors (Lipinski definition) is 3. The van der Waals surface area contributed by atoms with Crippen LogP contribution in [0.2, 0.25) is 0 Å². The first kappa shape index (κ1) is 40.6. The molecule has 0 N–H and O–H groups in total. The van der Waals surface area contributed by atoms with Gasteiger partial charge in [-0.15, -0.1) is 0 Å². The Kier molecular flexibility index (Phi) is 7.76. The molecule has 2 atom stereocenters. The maximum atomic E-state index is 6.71. The number of nitrogens with zero attached hydrogens (tertiary/aromatic N) is 3. The Bertz CT molecular complexity index is 3700. The van der Waals surface area contributed by atoms with Crippen LogP contribution in [-0.2, 0) is 21.7 Å². The highest BCUT2D eigenvalue weighted by atomic mass is 16.3. The maximum absolute atomic E-state index is 6.71. The number of rotatable bonds is 2.